The number of methoxy groups -OCH3 is 1. The summed E-state index contributed by atoms with van der Waals surface area (Å²) in [7, 11) is 1.51. The van der Waals surface area contributed by atoms with Gasteiger partial charge in [0.05, 0.1) is 24.2 Å². The lowest BCUT2D eigenvalue weighted by Gasteiger charge is -2.05. The molecular weight excluding hydrogens is 210 g/mol. The average molecular weight is 218 g/mol. The van der Waals surface area contributed by atoms with Crippen LogP contribution in [0.2, 0.25) is 0 Å². The molecule has 1 aromatic carbocycles. The summed E-state index contributed by atoms with van der Waals surface area (Å²) in [5.41, 5.74) is -0.414. The minimum atomic E-state index is -1.49. The number of hydrogen-bond donors (Lipinski definition) is 1. The van der Waals surface area contributed by atoms with Gasteiger partial charge >= 0.3 is 0 Å². The molecule has 0 saturated heterocycles. The van der Waals surface area contributed by atoms with Crippen molar-refractivity contribution in [2.75, 3.05) is 7.11 Å². The second-order valence-corrected chi connectivity index (χ2v) is 3.23. The molecule has 1 aromatic heterocycles. The molecule has 0 aliphatic heterocycles. The first-order chi connectivity index (χ1) is 7.63. The van der Waals surface area contributed by atoms with Crippen LogP contribution in [0.4, 0.5) is 0 Å². The number of pyridine rings is 1. The number of fused-ring (bicyclic) bond motifs is 1. The van der Waals surface area contributed by atoms with Crippen LogP contribution in [0.3, 0.4) is 0 Å². The minimum Gasteiger partial charge on any atom is -0.545 e. The maximum atomic E-state index is 11.7. The van der Waals surface area contributed by atoms with Gasteiger partial charge in [-0.3, -0.25) is 4.79 Å². The standard InChI is InChI=1S/C11H9NO4/c1-16-6-2-3-7-9(4-6)12-5-8(10(7)13)11(14)15/h2-5H,1H3,(H,12,13)(H,14,15)/p-1. The summed E-state index contributed by atoms with van der Waals surface area (Å²) in [4.78, 5) is 25.0. The molecule has 0 saturated carbocycles. The zero-order valence-corrected chi connectivity index (χ0v) is 8.44. The molecule has 2 aromatic rings. The monoisotopic (exact) mass is 218 g/mol. The molecule has 0 aliphatic rings. The Bertz CT molecular complexity index is 615. The summed E-state index contributed by atoms with van der Waals surface area (Å²) < 4.78 is 4.99. The van der Waals surface area contributed by atoms with Crippen LogP contribution in [0.5, 0.6) is 5.75 Å². The molecule has 0 radical (unpaired) electrons. The van der Waals surface area contributed by atoms with Crippen molar-refractivity contribution < 1.29 is 14.6 Å². The number of carbonyl (C=O) groups is 1. The molecule has 82 valence electrons. The van der Waals surface area contributed by atoms with Gasteiger partial charge in [-0.25, -0.2) is 0 Å². The number of ether oxygens (including phenoxy) is 1. The van der Waals surface area contributed by atoms with E-state index in [0.717, 1.165) is 6.20 Å². The zero-order valence-electron chi connectivity index (χ0n) is 8.44. The van der Waals surface area contributed by atoms with E-state index >= 15 is 0 Å². The van der Waals surface area contributed by atoms with Crippen molar-refractivity contribution in [1.82, 2.24) is 4.98 Å². The molecular formula is C11H8NO4-. The van der Waals surface area contributed by atoms with Crippen LogP contribution >= 0.6 is 0 Å². The summed E-state index contributed by atoms with van der Waals surface area (Å²) in [6.07, 6.45) is 1.12. The van der Waals surface area contributed by atoms with Crippen molar-refractivity contribution in [3.63, 3.8) is 0 Å². The number of rotatable bonds is 2. The van der Waals surface area contributed by atoms with E-state index in [4.69, 9.17) is 4.74 Å². The largest absolute Gasteiger partial charge is 0.545 e. The highest BCUT2D eigenvalue weighted by atomic mass is 16.5. The number of aromatic nitrogens is 1. The van der Waals surface area contributed by atoms with E-state index in [2.05, 4.69) is 4.98 Å². The van der Waals surface area contributed by atoms with Gasteiger partial charge in [0.25, 0.3) is 0 Å². The van der Waals surface area contributed by atoms with Gasteiger partial charge in [0.15, 0.2) is 5.43 Å². The third-order valence-corrected chi connectivity index (χ3v) is 2.31. The van der Waals surface area contributed by atoms with Gasteiger partial charge in [0.1, 0.15) is 5.75 Å². The first-order valence-corrected chi connectivity index (χ1v) is 4.54. The number of H-pyrrole nitrogens is 1. The van der Waals surface area contributed by atoms with Crippen LogP contribution < -0.4 is 15.3 Å². The SMILES string of the molecule is COc1ccc2c(=O)c(C(=O)[O-])c[nH]c2c1. The third kappa shape index (κ3) is 1.52. The van der Waals surface area contributed by atoms with Crippen molar-refractivity contribution in [1.29, 1.82) is 0 Å². The number of aromatic amines is 1. The highest BCUT2D eigenvalue weighted by Gasteiger charge is 2.06. The van der Waals surface area contributed by atoms with Gasteiger partial charge in [-0.1, -0.05) is 0 Å². The maximum absolute atomic E-state index is 11.7. The van der Waals surface area contributed by atoms with Crippen molar-refractivity contribution >= 4 is 16.9 Å². The van der Waals surface area contributed by atoms with Gasteiger partial charge in [-0.2, -0.15) is 0 Å². The van der Waals surface area contributed by atoms with E-state index in [-0.39, 0.29) is 5.56 Å². The Hall–Kier alpha value is -2.30. The molecule has 16 heavy (non-hydrogen) atoms. The number of nitrogens with one attached hydrogen (secondary N) is 1. The third-order valence-electron chi connectivity index (χ3n) is 2.31. The number of hydrogen-bond acceptors (Lipinski definition) is 4. The smallest absolute Gasteiger partial charge is 0.198 e. The van der Waals surface area contributed by atoms with Crippen molar-refractivity contribution in [2.24, 2.45) is 0 Å². The van der Waals surface area contributed by atoms with Crippen molar-refractivity contribution in [3.05, 3.63) is 40.2 Å². The number of aromatic carboxylic acids is 1. The van der Waals surface area contributed by atoms with Gasteiger partial charge in [-0.15, -0.1) is 0 Å². The Morgan fingerprint density at radius 2 is 2.19 bits per heavy atom. The fourth-order valence-corrected chi connectivity index (χ4v) is 1.48. The van der Waals surface area contributed by atoms with Crippen LogP contribution in [-0.4, -0.2) is 18.1 Å². The molecule has 0 spiro atoms. The highest BCUT2D eigenvalue weighted by Crippen LogP contribution is 2.16. The molecule has 5 nitrogen and oxygen atoms in total. The molecule has 0 amide bonds. The van der Waals surface area contributed by atoms with Gasteiger partial charge < -0.3 is 19.6 Å². The molecule has 0 atom stereocenters. The molecule has 0 bridgehead atoms. The predicted octanol–water partition coefficient (Wildman–Crippen LogP) is -0.0998. The Morgan fingerprint density at radius 1 is 1.44 bits per heavy atom. The molecule has 1 heterocycles. The Labute approximate surface area is 90.3 Å². The van der Waals surface area contributed by atoms with Crippen LogP contribution in [0.1, 0.15) is 10.4 Å². The second-order valence-electron chi connectivity index (χ2n) is 3.23. The fourth-order valence-electron chi connectivity index (χ4n) is 1.48. The van der Waals surface area contributed by atoms with Crippen LogP contribution in [0, 0.1) is 0 Å². The normalized spacial score (nSPS) is 10.3. The van der Waals surface area contributed by atoms with E-state index in [9.17, 15) is 14.7 Å². The Morgan fingerprint density at radius 3 is 2.81 bits per heavy atom. The number of carboxylic acids is 1. The Kier molecular flexibility index (Phi) is 2.36. The van der Waals surface area contributed by atoms with Crippen molar-refractivity contribution in [2.45, 2.75) is 0 Å². The lowest BCUT2D eigenvalue weighted by atomic mass is 10.1. The molecule has 5 heteroatoms. The van der Waals surface area contributed by atoms with E-state index in [1.165, 1.54) is 13.2 Å². The summed E-state index contributed by atoms with van der Waals surface area (Å²) in [5.74, 6) is -0.900. The summed E-state index contributed by atoms with van der Waals surface area (Å²) >= 11 is 0. The number of carboxylic acid groups (broad SMARTS) is 1. The van der Waals surface area contributed by atoms with Crippen LogP contribution in [0.25, 0.3) is 10.9 Å². The summed E-state index contributed by atoms with van der Waals surface area (Å²) in [6.45, 7) is 0. The van der Waals surface area contributed by atoms with E-state index in [1.54, 1.807) is 12.1 Å². The lowest BCUT2D eigenvalue weighted by molar-refractivity contribution is -0.255. The first kappa shape index (κ1) is 10.2. The van der Waals surface area contributed by atoms with Gasteiger partial charge in [0, 0.05) is 17.6 Å². The first-order valence-electron chi connectivity index (χ1n) is 4.54. The van der Waals surface area contributed by atoms with E-state index in [0.29, 0.717) is 16.7 Å². The molecule has 0 aliphatic carbocycles. The van der Waals surface area contributed by atoms with E-state index < -0.39 is 11.4 Å². The summed E-state index contributed by atoms with van der Waals surface area (Å²) in [6, 6.07) is 4.73. The molecule has 0 unspecified atom stereocenters. The van der Waals surface area contributed by atoms with Gasteiger partial charge in [-0.05, 0) is 12.1 Å². The maximum Gasteiger partial charge on any atom is 0.198 e. The average Bonchev–Trinajstić information content (AvgIpc) is 2.28. The number of benzene rings is 1. The topological polar surface area (TPSA) is 82.2 Å². The fraction of sp³-hybridized carbons (Fsp3) is 0.0909. The van der Waals surface area contributed by atoms with Crippen LogP contribution in [0.15, 0.2) is 29.2 Å². The number of carbonyl (C=O) groups excluding carboxylic acids is 1. The molecule has 2 rings (SSSR count). The highest BCUT2D eigenvalue weighted by molar-refractivity contribution is 5.91. The predicted molar refractivity (Wildman–Crippen MR) is 55.5 cm³/mol. The zero-order chi connectivity index (χ0) is 11.7. The molecule has 0 fully saturated rings. The quantitative estimate of drug-likeness (QED) is 0.763. The summed E-state index contributed by atoms with van der Waals surface area (Å²) in [5, 5.41) is 10.9. The molecule has 1 N–H and O–H groups in total. The second kappa shape index (κ2) is 3.69. The van der Waals surface area contributed by atoms with Crippen molar-refractivity contribution in [3.8, 4) is 5.75 Å². The van der Waals surface area contributed by atoms with Gasteiger partial charge in [0.2, 0.25) is 0 Å². The lowest BCUT2D eigenvalue weighted by Crippen LogP contribution is -2.29. The van der Waals surface area contributed by atoms with E-state index in [1.807, 2.05) is 0 Å². The Balaban J connectivity index is 2.77. The van der Waals surface area contributed by atoms with Crippen LogP contribution in [-0.2, 0) is 0 Å². The minimum absolute atomic E-state index is 0.294.